The van der Waals surface area contributed by atoms with E-state index in [0.29, 0.717) is 17.5 Å². The number of aromatic amines is 1. The number of carbonyl (C=O) groups is 2. The van der Waals surface area contributed by atoms with Gasteiger partial charge in [-0.2, -0.15) is 5.10 Å². The average Bonchev–Trinajstić information content (AvgIpc) is 3.42. The van der Waals surface area contributed by atoms with E-state index in [4.69, 9.17) is 9.90 Å². The zero-order chi connectivity index (χ0) is 18.1. The molecule has 0 unspecified atom stereocenters. The normalized spacial score (nSPS) is 26.8. The highest BCUT2D eigenvalue weighted by atomic mass is 16.3. The molecule has 0 radical (unpaired) electrons. The number of hydrogen-bond acceptors (Lipinski definition) is 4. The number of rotatable bonds is 3. The number of benzene rings is 1. The van der Waals surface area contributed by atoms with Crippen molar-refractivity contribution in [3.63, 3.8) is 0 Å². The Balaban J connectivity index is 0.000000527. The lowest BCUT2D eigenvalue weighted by Crippen LogP contribution is -2.57. The highest BCUT2D eigenvalue weighted by Gasteiger charge is 2.35. The summed E-state index contributed by atoms with van der Waals surface area (Å²) in [5.74, 6) is 1.30. The summed E-state index contributed by atoms with van der Waals surface area (Å²) in [7, 11) is 0. The molecule has 4 fully saturated rings. The topological polar surface area (TPSA) is 98.3 Å². The molecule has 2 bridgehead atoms. The predicted octanol–water partition coefficient (Wildman–Crippen LogP) is 1.97. The lowest BCUT2D eigenvalue weighted by Gasteiger charge is -2.44. The molecule has 1 aromatic carbocycles. The summed E-state index contributed by atoms with van der Waals surface area (Å²) >= 11 is 0. The standard InChI is InChI=1S/C18H22N4O.CH2O2/c23-18(19-16-10-22-7-5-12(16)6-8-22)17-14-9-13(11-1-2-11)3-4-15(14)20-21-17;2-1-3/h3-4,9,11-12,16H,1-2,5-8,10H2,(H,19,23)(H,20,21);1H,(H,2,3)/t16-;/m0./s1. The van der Waals surface area contributed by atoms with Crippen molar-refractivity contribution in [2.24, 2.45) is 5.92 Å². The van der Waals surface area contributed by atoms with Gasteiger partial charge in [0.1, 0.15) is 0 Å². The number of fused-ring (bicyclic) bond motifs is 4. The molecule has 1 saturated carbocycles. The van der Waals surface area contributed by atoms with Gasteiger partial charge in [0.25, 0.3) is 12.4 Å². The number of nitrogens with zero attached hydrogens (tertiary/aromatic N) is 2. The minimum Gasteiger partial charge on any atom is -0.483 e. The van der Waals surface area contributed by atoms with Crippen LogP contribution in [0.4, 0.5) is 0 Å². The number of amides is 1. The minimum absolute atomic E-state index is 0.0250. The predicted molar refractivity (Wildman–Crippen MR) is 97.2 cm³/mol. The zero-order valence-corrected chi connectivity index (χ0v) is 14.6. The zero-order valence-electron chi connectivity index (χ0n) is 14.6. The highest BCUT2D eigenvalue weighted by molar-refractivity contribution is 6.05. The molecule has 3 N–H and O–H groups in total. The van der Waals surface area contributed by atoms with Gasteiger partial charge in [0.15, 0.2) is 5.69 Å². The molecule has 6 rings (SSSR count). The van der Waals surface area contributed by atoms with E-state index in [1.807, 2.05) is 0 Å². The van der Waals surface area contributed by atoms with Gasteiger partial charge in [-0.25, -0.2) is 0 Å². The molecule has 0 spiro atoms. The molecule has 7 heteroatoms. The summed E-state index contributed by atoms with van der Waals surface area (Å²) in [6, 6.07) is 6.65. The Labute approximate surface area is 151 Å². The summed E-state index contributed by atoms with van der Waals surface area (Å²) in [6.07, 6.45) is 4.95. The number of hydrogen-bond donors (Lipinski definition) is 3. The van der Waals surface area contributed by atoms with E-state index < -0.39 is 0 Å². The van der Waals surface area contributed by atoms with E-state index in [-0.39, 0.29) is 18.4 Å². The van der Waals surface area contributed by atoms with Crippen LogP contribution in [0.25, 0.3) is 10.9 Å². The number of aromatic nitrogens is 2. The van der Waals surface area contributed by atoms with Gasteiger partial charge in [-0.3, -0.25) is 14.7 Å². The summed E-state index contributed by atoms with van der Waals surface area (Å²) in [5, 5.41) is 18.4. The fraction of sp³-hybridized carbons (Fsp3) is 0.526. The van der Waals surface area contributed by atoms with E-state index in [9.17, 15) is 4.79 Å². The molecule has 7 nitrogen and oxygen atoms in total. The third-order valence-corrected chi connectivity index (χ3v) is 5.82. The van der Waals surface area contributed by atoms with Crippen molar-refractivity contribution >= 4 is 23.3 Å². The van der Waals surface area contributed by atoms with Crippen LogP contribution < -0.4 is 5.32 Å². The largest absolute Gasteiger partial charge is 0.483 e. The fourth-order valence-electron chi connectivity index (χ4n) is 4.24. The number of carbonyl (C=O) groups excluding carboxylic acids is 1. The molecular weight excluding hydrogens is 332 g/mol. The molecule has 1 aromatic heterocycles. The van der Waals surface area contributed by atoms with E-state index in [0.717, 1.165) is 17.4 Å². The van der Waals surface area contributed by atoms with Crippen molar-refractivity contribution in [2.75, 3.05) is 19.6 Å². The molecule has 1 amide bonds. The first kappa shape index (κ1) is 17.0. The fourth-order valence-corrected chi connectivity index (χ4v) is 4.24. The maximum Gasteiger partial charge on any atom is 0.290 e. The molecule has 26 heavy (non-hydrogen) atoms. The third kappa shape index (κ3) is 3.31. The van der Waals surface area contributed by atoms with Crippen LogP contribution in [0.5, 0.6) is 0 Å². The molecule has 4 aliphatic rings. The first-order valence-corrected chi connectivity index (χ1v) is 9.28. The average molecular weight is 356 g/mol. The Kier molecular flexibility index (Phi) is 4.63. The molecule has 2 aromatic rings. The minimum atomic E-state index is -0.250. The Hall–Kier alpha value is -2.41. The Morgan fingerprint density at radius 2 is 2.00 bits per heavy atom. The summed E-state index contributed by atoms with van der Waals surface area (Å²) in [6.45, 7) is 3.12. The molecule has 1 aliphatic carbocycles. The summed E-state index contributed by atoms with van der Waals surface area (Å²) in [4.78, 5) is 23.6. The first-order chi connectivity index (χ1) is 12.7. The molecule has 3 aliphatic heterocycles. The Bertz CT molecular complexity index is 806. The van der Waals surface area contributed by atoms with Gasteiger partial charge >= 0.3 is 0 Å². The molecule has 4 heterocycles. The quantitative estimate of drug-likeness (QED) is 0.731. The van der Waals surface area contributed by atoms with Crippen molar-refractivity contribution in [1.82, 2.24) is 20.4 Å². The van der Waals surface area contributed by atoms with E-state index in [1.54, 1.807) is 0 Å². The van der Waals surface area contributed by atoms with Crippen LogP contribution in [0.2, 0.25) is 0 Å². The van der Waals surface area contributed by atoms with Gasteiger partial charge in [-0.15, -0.1) is 0 Å². The third-order valence-electron chi connectivity index (χ3n) is 5.82. The Morgan fingerprint density at radius 1 is 1.27 bits per heavy atom. The second-order valence-electron chi connectivity index (χ2n) is 7.47. The molecular formula is C19H24N4O3. The van der Waals surface area contributed by atoms with Crippen molar-refractivity contribution in [1.29, 1.82) is 0 Å². The second-order valence-corrected chi connectivity index (χ2v) is 7.47. The maximum absolute atomic E-state index is 12.7. The van der Waals surface area contributed by atoms with Crippen molar-refractivity contribution in [3.8, 4) is 0 Å². The summed E-state index contributed by atoms with van der Waals surface area (Å²) in [5.41, 5.74) is 2.85. The highest BCUT2D eigenvalue weighted by Crippen LogP contribution is 2.41. The smallest absolute Gasteiger partial charge is 0.290 e. The lowest BCUT2D eigenvalue weighted by molar-refractivity contribution is -0.122. The van der Waals surface area contributed by atoms with Crippen molar-refractivity contribution in [3.05, 3.63) is 29.5 Å². The summed E-state index contributed by atoms with van der Waals surface area (Å²) < 4.78 is 0. The van der Waals surface area contributed by atoms with Crippen LogP contribution in [0, 0.1) is 5.92 Å². The van der Waals surface area contributed by atoms with Gasteiger partial charge in [-0.05, 0) is 68.3 Å². The molecule has 1 atom stereocenters. The molecule has 138 valence electrons. The lowest BCUT2D eigenvalue weighted by atomic mass is 9.84. The molecule has 3 saturated heterocycles. The van der Waals surface area contributed by atoms with Gasteiger partial charge < -0.3 is 15.3 Å². The maximum atomic E-state index is 12.7. The van der Waals surface area contributed by atoms with Crippen LogP contribution in [-0.2, 0) is 4.79 Å². The van der Waals surface area contributed by atoms with E-state index in [2.05, 4.69) is 38.6 Å². The number of H-pyrrole nitrogens is 1. The van der Waals surface area contributed by atoms with Gasteiger partial charge in [0.2, 0.25) is 0 Å². The first-order valence-electron chi connectivity index (χ1n) is 9.28. The number of piperidine rings is 3. The number of carboxylic acid groups (broad SMARTS) is 1. The number of nitrogens with one attached hydrogen (secondary N) is 2. The van der Waals surface area contributed by atoms with Crippen LogP contribution in [0.3, 0.4) is 0 Å². The van der Waals surface area contributed by atoms with Crippen LogP contribution in [-0.4, -0.2) is 58.3 Å². The van der Waals surface area contributed by atoms with Gasteiger partial charge in [0, 0.05) is 18.0 Å². The van der Waals surface area contributed by atoms with Crippen LogP contribution >= 0.6 is 0 Å². The monoisotopic (exact) mass is 356 g/mol. The van der Waals surface area contributed by atoms with Gasteiger partial charge in [0.05, 0.1) is 5.52 Å². The van der Waals surface area contributed by atoms with E-state index in [1.165, 1.54) is 44.3 Å². The second kappa shape index (κ2) is 7.07. The van der Waals surface area contributed by atoms with Crippen LogP contribution in [0.15, 0.2) is 18.2 Å². The Morgan fingerprint density at radius 3 is 2.62 bits per heavy atom. The SMILES string of the molecule is O=C(N[C@H]1CN2CCC1CC2)c1n[nH]c2ccc(C3CC3)cc12.O=CO. The van der Waals surface area contributed by atoms with Gasteiger partial charge in [-0.1, -0.05) is 6.07 Å². The van der Waals surface area contributed by atoms with E-state index >= 15 is 0 Å². The van der Waals surface area contributed by atoms with Crippen molar-refractivity contribution in [2.45, 2.75) is 37.6 Å². The van der Waals surface area contributed by atoms with Crippen molar-refractivity contribution < 1.29 is 14.7 Å². The van der Waals surface area contributed by atoms with Crippen LogP contribution in [0.1, 0.15) is 47.7 Å².